The van der Waals surface area contributed by atoms with Crippen LogP contribution in [0.25, 0.3) is 17.1 Å². The van der Waals surface area contributed by atoms with Crippen molar-refractivity contribution in [2.75, 3.05) is 5.73 Å². The van der Waals surface area contributed by atoms with Crippen LogP contribution in [-0.4, -0.2) is 20.2 Å². The zero-order valence-corrected chi connectivity index (χ0v) is 14.4. The summed E-state index contributed by atoms with van der Waals surface area (Å²) in [6, 6.07) is 10.9. The normalized spacial score (nSPS) is 10.8. The third kappa shape index (κ3) is 2.68. The molecular formula is C13H8Br2ClN5. The minimum Gasteiger partial charge on any atom is -0.398 e. The number of hydrogen-bond donors (Lipinski definition) is 1. The first kappa shape index (κ1) is 14.5. The highest BCUT2D eigenvalue weighted by molar-refractivity contribution is 9.11. The van der Waals surface area contributed by atoms with Gasteiger partial charge in [0, 0.05) is 25.2 Å². The maximum atomic E-state index is 6.04. The second kappa shape index (κ2) is 5.75. The predicted molar refractivity (Wildman–Crippen MR) is 89.4 cm³/mol. The molecule has 1 aromatic heterocycles. The molecule has 1 heterocycles. The smallest absolute Gasteiger partial charge is 0.189 e. The molecular weight excluding hydrogens is 421 g/mol. The summed E-state index contributed by atoms with van der Waals surface area (Å²) in [6.07, 6.45) is 0. The Kier molecular flexibility index (Phi) is 3.97. The minimum atomic E-state index is 0.516. The van der Waals surface area contributed by atoms with Crippen LogP contribution in [0.1, 0.15) is 0 Å². The summed E-state index contributed by atoms with van der Waals surface area (Å²) >= 11 is 13.1. The molecule has 0 aliphatic rings. The van der Waals surface area contributed by atoms with Crippen LogP contribution in [0, 0.1) is 0 Å². The van der Waals surface area contributed by atoms with Crippen molar-refractivity contribution in [2.45, 2.75) is 0 Å². The first-order valence-corrected chi connectivity index (χ1v) is 7.82. The highest BCUT2D eigenvalue weighted by atomic mass is 79.9. The molecule has 0 radical (unpaired) electrons. The molecule has 0 spiro atoms. The largest absolute Gasteiger partial charge is 0.398 e. The molecule has 5 nitrogen and oxygen atoms in total. The number of tetrazole rings is 1. The molecule has 0 saturated carbocycles. The highest BCUT2D eigenvalue weighted by Crippen LogP contribution is 2.33. The van der Waals surface area contributed by atoms with Gasteiger partial charge in [-0.1, -0.05) is 17.7 Å². The van der Waals surface area contributed by atoms with E-state index in [-0.39, 0.29) is 0 Å². The Morgan fingerprint density at radius 2 is 1.81 bits per heavy atom. The maximum absolute atomic E-state index is 6.04. The summed E-state index contributed by atoms with van der Waals surface area (Å²) in [7, 11) is 0. The lowest BCUT2D eigenvalue weighted by atomic mass is 10.1. The van der Waals surface area contributed by atoms with E-state index in [0.717, 1.165) is 14.6 Å². The zero-order valence-electron chi connectivity index (χ0n) is 10.5. The molecule has 0 unspecified atom stereocenters. The van der Waals surface area contributed by atoms with E-state index in [4.69, 9.17) is 17.3 Å². The maximum Gasteiger partial charge on any atom is 0.189 e. The molecule has 0 bridgehead atoms. The van der Waals surface area contributed by atoms with Gasteiger partial charge in [0.15, 0.2) is 5.82 Å². The number of hydrogen-bond acceptors (Lipinski definition) is 4. The molecule has 2 N–H and O–H groups in total. The lowest BCUT2D eigenvalue weighted by molar-refractivity contribution is 0.786. The van der Waals surface area contributed by atoms with Crippen molar-refractivity contribution in [3.63, 3.8) is 0 Å². The van der Waals surface area contributed by atoms with Crippen molar-refractivity contribution >= 4 is 49.1 Å². The van der Waals surface area contributed by atoms with Gasteiger partial charge >= 0.3 is 0 Å². The number of aromatic nitrogens is 4. The van der Waals surface area contributed by atoms with Gasteiger partial charge in [0.05, 0.1) is 5.69 Å². The van der Waals surface area contributed by atoms with Gasteiger partial charge in [0.1, 0.15) is 0 Å². The van der Waals surface area contributed by atoms with Crippen molar-refractivity contribution in [1.29, 1.82) is 0 Å². The fourth-order valence-corrected chi connectivity index (χ4v) is 3.43. The molecule has 106 valence electrons. The summed E-state index contributed by atoms with van der Waals surface area (Å²) in [5.41, 5.74) is 8.03. The lowest BCUT2D eigenvalue weighted by Gasteiger charge is -2.10. The van der Waals surface area contributed by atoms with Gasteiger partial charge in [-0.25, -0.2) is 0 Å². The van der Waals surface area contributed by atoms with Crippen LogP contribution in [0.2, 0.25) is 5.02 Å². The van der Waals surface area contributed by atoms with Crippen LogP contribution in [-0.2, 0) is 0 Å². The van der Waals surface area contributed by atoms with E-state index in [9.17, 15) is 0 Å². The predicted octanol–water partition coefficient (Wildman–Crippen LogP) is 4.09. The Hall–Kier alpha value is -1.44. The fraction of sp³-hybridized carbons (Fsp3) is 0. The Labute approximate surface area is 142 Å². The van der Waals surface area contributed by atoms with Crippen molar-refractivity contribution in [1.82, 2.24) is 20.2 Å². The number of rotatable bonds is 2. The molecule has 0 amide bonds. The van der Waals surface area contributed by atoms with E-state index < -0.39 is 0 Å². The van der Waals surface area contributed by atoms with Crippen LogP contribution in [0.3, 0.4) is 0 Å². The Balaban J connectivity index is 2.25. The second-order valence-corrected chi connectivity index (χ2v) is 6.36. The Morgan fingerprint density at radius 3 is 2.52 bits per heavy atom. The number of halogens is 3. The van der Waals surface area contributed by atoms with Crippen LogP contribution in [0.4, 0.5) is 5.69 Å². The number of nitrogen functional groups attached to an aromatic ring is 1. The summed E-state index contributed by atoms with van der Waals surface area (Å²) in [4.78, 5) is 0. The molecule has 0 atom stereocenters. The standard InChI is InChI=1S/C13H8Br2ClN5/c14-9-2-1-3-10(15)12(9)21-13(18-19-20-21)8-6-7(16)4-5-11(8)17/h1-6H,17H2. The average Bonchev–Trinajstić information content (AvgIpc) is 2.90. The highest BCUT2D eigenvalue weighted by Gasteiger charge is 2.17. The van der Waals surface area contributed by atoms with Crippen molar-refractivity contribution < 1.29 is 0 Å². The SMILES string of the molecule is Nc1ccc(Cl)cc1-c1nnnn1-c1c(Br)cccc1Br. The molecule has 0 saturated heterocycles. The Bertz CT molecular complexity index is 798. The number of benzene rings is 2. The second-order valence-electron chi connectivity index (χ2n) is 4.22. The summed E-state index contributed by atoms with van der Waals surface area (Å²) < 4.78 is 3.31. The molecule has 3 aromatic rings. The lowest BCUT2D eigenvalue weighted by Crippen LogP contribution is -2.03. The first-order valence-electron chi connectivity index (χ1n) is 5.86. The van der Waals surface area contributed by atoms with Gasteiger partial charge in [-0.15, -0.1) is 5.10 Å². The quantitative estimate of drug-likeness (QED) is 0.623. The Morgan fingerprint density at radius 1 is 1.10 bits per heavy atom. The summed E-state index contributed by atoms with van der Waals surface area (Å²) in [6.45, 7) is 0. The summed E-state index contributed by atoms with van der Waals surface area (Å²) in [5.74, 6) is 0.516. The van der Waals surface area contributed by atoms with Crippen molar-refractivity contribution in [3.05, 3.63) is 50.4 Å². The molecule has 0 aliphatic carbocycles. The number of para-hydroxylation sites is 1. The van der Waals surface area contributed by atoms with Crippen LogP contribution in [0.15, 0.2) is 45.3 Å². The van der Waals surface area contributed by atoms with Gasteiger partial charge in [-0.2, -0.15) is 4.68 Å². The van der Waals surface area contributed by atoms with Gasteiger partial charge in [0.25, 0.3) is 0 Å². The van der Waals surface area contributed by atoms with Crippen molar-refractivity contribution in [3.8, 4) is 17.1 Å². The van der Waals surface area contributed by atoms with Gasteiger partial charge in [0.2, 0.25) is 0 Å². The third-order valence-corrected chi connectivity index (χ3v) is 4.39. The van der Waals surface area contributed by atoms with Crippen LogP contribution in [0.5, 0.6) is 0 Å². The molecule has 0 fully saturated rings. The third-order valence-electron chi connectivity index (χ3n) is 2.88. The van der Waals surface area contributed by atoms with E-state index in [1.807, 2.05) is 18.2 Å². The summed E-state index contributed by atoms with van der Waals surface area (Å²) in [5, 5.41) is 12.4. The number of nitrogens with two attached hydrogens (primary N) is 1. The van der Waals surface area contributed by atoms with Gasteiger partial charge in [-0.3, -0.25) is 0 Å². The van der Waals surface area contributed by atoms with E-state index in [1.165, 1.54) is 0 Å². The van der Waals surface area contributed by atoms with Crippen LogP contribution < -0.4 is 5.73 Å². The average molecular weight is 430 g/mol. The van der Waals surface area contributed by atoms with Gasteiger partial charge < -0.3 is 5.73 Å². The molecule has 2 aromatic carbocycles. The van der Waals surface area contributed by atoms with E-state index in [1.54, 1.807) is 22.9 Å². The first-order chi connectivity index (χ1) is 10.1. The molecule has 3 rings (SSSR count). The zero-order chi connectivity index (χ0) is 15.0. The van der Waals surface area contributed by atoms with Gasteiger partial charge in [-0.05, 0) is 72.6 Å². The minimum absolute atomic E-state index is 0.516. The molecule has 21 heavy (non-hydrogen) atoms. The van der Waals surface area contributed by atoms with Crippen LogP contribution >= 0.6 is 43.5 Å². The molecule has 8 heteroatoms. The van der Waals surface area contributed by atoms with E-state index in [2.05, 4.69) is 47.4 Å². The molecule has 0 aliphatic heterocycles. The van der Waals surface area contributed by atoms with Crippen molar-refractivity contribution in [2.24, 2.45) is 0 Å². The van der Waals surface area contributed by atoms with E-state index in [0.29, 0.717) is 22.1 Å². The topological polar surface area (TPSA) is 69.6 Å². The number of nitrogens with zero attached hydrogens (tertiary/aromatic N) is 4. The monoisotopic (exact) mass is 427 g/mol. The van der Waals surface area contributed by atoms with E-state index >= 15 is 0 Å². The number of anilines is 1. The fourth-order valence-electron chi connectivity index (χ4n) is 1.92.